The number of thiophene rings is 1. The van der Waals surface area contributed by atoms with Crippen LogP contribution in [0.4, 0.5) is 10.1 Å². The molecule has 0 saturated carbocycles. The van der Waals surface area contributed by atoms with Gasteiger partial charge in [0.2, 0.25) is 10.0 Å². The first-order valence-electron chi connectivity index (χ1n) is 5.75. The van der Waals surface area contributed by atoms with Gasteiger partial charge in [-0.2, -0.15) is 11.3 Å². The largest absolute Gasteiger partial charge is 0.396 e. The Hall–Kier alpha value is -1.19. The Bertz CT molecular complexity index is 735. The van der Waals surface area contributed by atoms with Gasteiger partial charge in [-0.05, 0) is 34.5 Å². The molecular formula is C12H12ClFN2O3S2. The Balaban J connectivity index is 2.19. The Labute approximate surface area is 130 Å². The highest BCUT2D eigenvalue weighted by molar-refractivity contribution is 7.89. The first-order chi connectivity index (χ1) is 9.81. The lowest BCUT2D eigenvalue weighted by Crippen LogP contribution is -2.29. The van der Waals surface area contributed by atoms with Crippen molar-refractivity contribution in [1.82, 2.24) is 4.72 Å². The minimum atomic E-state index is -4.17. The second-order valence-corrected chi connectivity index (χ2v) is 7.18. The van der Waals surface area contributed by atoms with Crippen LogP contribution < -0.4 is 10.5 Å². The number of nitrogen functional groups attached to an aromatic ring is 1. The van der Waals surface area contributed by atoms with Gasteiger partial charge in [0.15, 0.2) is 5.82 Å². The fourth-order valence-corrected chi connectivity index (χ4v) is 3.80. The van der Waals surface area contributed by atoms with Crippen LogP contribution in [0.2, 0.25) is 5.02 Å². The van der Waals surface area contributed by atoms with Gasteiger partial charge >= 0.3 is 0 Å². The SMILES string of the molecule is Nc1cc(Cl)cc(S(=O)(=O)NCC(O)c2ccsc2)c1F. The maximum Gasteiger partial charge on any atom is 0.243 e. The number of aliphatic hydroxyl groups is 1. The molecule has 2 aromatic rings. The predicted octanol–water partition coefficient (Wildman–Crippen LogP) is 2.13. The van der Waals surface area contributed by atoms with Crippen LogP contribution in [0.25, 0.3) is 0 Å². The van der Waals surface area contributed by atoms with E-state index in [1.54, 1.807) is 16.8 Å². The van der Waals surface area contributed by atoms with Crippen molar-refractivity contribution in [3.8, 4) is 0 Å². The van der Waals surface area contributed by atoms with E-state index in [1.165, 1.54) is 11.3 Å². The van der Waals surface area contributed by atoms with Crippen molar-refractivity contribution in [2.45, 2.75) is 11.0 Å². The molecule has 1 unspecified atom stereocenters. The van der Waals surface area contributed by atoms with Gasteiger partial charge in [-0.1, -0.05) is 11.6 Å². The smallest absolute Gasteiger partial charge is 0.243 e. The number of aliphatic hydroxyl groups excluding tert-OH is 1. The summed E-state index contributed by atoms with van der Waals surface area (Å²) < 4.78 is 40.1. The summed E-state index contributed by atoms with van der Waals surface area (Å²) in [6, 6.07) is 3.75. The van der Waals surface area contributed by atoms with Crippen molar-refractivity contribution in [3.05, 3.63) is 45.4 Å². The highest BCUT2D eigenvalue weighted by atomic mass is 35.5. The molecule has 0 aliphatic rings. The van der Waals surface area contributed by atoms with E-state index in [4.69, 9.17) is 17.3 Å². The number of hydrogen-bond acceptors (Lipinski definition) is 5. The van der Waals surface area contributed by atoms with Crippen LogP contribution in [-0.2, 0) is 10.0 Å². The number of nitrogens with two attached hydrogens (primary N) is 1. The molecule has 21 heavy (non-hydrogen) atoms. The van der Waals surface area contributed by atoms with Gasteiger partial charge in [-0.15, -0.1) is 0 Å². The number of halogens is 2. The molecule has 0 saturated heterocycles. The van der Waals surface area contributed by atoms with E-state index < -0.39 is 26.8 Å². The van der Waals surface area contributed by atoms with Gasteiger partial charge in [-0.3, -0.25) is 0 Å². The highest BCUT2D eigenvalue weighted by Gasteiger charge is 2.23. The van der Waals surface area contributed by atoms with Crippen LogP contribution in [0, 0.1) is 5.82 Å². The number of sulfonamides is 1. The van der Waals surface area contributed by atoms with Crippen LogP contribution in [-0.4, -0.2) is 20.1 Å². The van der Waals surface area contributed by atoms with Crippen molar-refractivity contribution in [2.75, 3.05) is 12.3 Å². The first kappa shape index (κ1) is 16.2. The lowest BCUT2D eigenvalue weighted by Gasteiger charge is -2.12. The standard InChI is InChI=1S/C12H12ClFN2O3S2/c13-8-3-9(15)12(14)11(4-8)21(18,19)16-5-10(17)7-1-2-20-6-7/h1-4,6,10,16-17H,5,15H2. The molecule has 2 rings (SSSR count). The minimum Gasteiger partial charge on any atom is -0.396 e. The van der Waals surface area contributed by atoms with Gasteiger partial charge in [-0.25, -0.2) is 17.5 Å². The number of anilines is 1. The van der Waals surface area contributed by atoms with Gasteiger partial charge in [0.25, 0.3) is 0 Å². The molecule has 0 amide bonds. The summed E-state index contributed by atoms with van der Waals surface area (Å²) in [6.07, 6.45) is -1.02. The molecule has 5 nitrogen and oxygen atoms in total. The molecular weight excluding hydrogens is 339 g/mol. The predicted molar refractivity (Wildman–Crippen MR) is 80.3 cm³/mol. The number of rotatable bonds is 5. The van der Waals surface area contributed by atoms with E-state index in [0.29, 0.717) is 5.56 Å². The van der Waals surface area contributed by atoms with Gasteiger partial charge in [0.1, 0.15) is 4.90 Å². The van der Waals surface area contributed by atoms with Crippen LogP contribution in [0.15, 0.2) is 33.9 Å². The average molecular weight is 351 g/mol. The molecule has 114 valence electrons. The molecule has 0 fully saturated rings. The summed E-state index contributed by atoms with van der Waals surface area (Å²) in [5, 5.41) is 13.3. The summed E-state index contributed by atoms with van der Waals surface area (Å²) >= 11 is 7.06. The topological polar surface area (TPSA) is 92.4 Å². The number of hydrogen-bond donors (Lipinski definition) is 3. The van der Waals surface area contributed by atoms with Crippen LogP contribution in [0.5, 0.6) is 0 Å². The second kappa shape index (κ2) is 6.29. The molecule has 0 aliphatic carbocycles. The maximum absolute atomic E-state index is 13.8. The van der Waals surface area contributed by atoms with E-state index in [0.717, 1.165) is 12.1 Å². The second-order valence-electron chi connectivity index (χ2n) is 4.23. The molecule has 0 spiro atoms. The Morgan fingerprint density at radius 2 is 2.19 bits per heavy atom. The minimum absolute atomic E-state index is 0.00709. The van der Waals surface area contributed by atoms with E-state index in [2.05, 4.69) is 4.72 Å². The summed E-state index contributed by atoms with van der Waals surface area (Å²) in [4.78, 5) is -0.648. The third-order valence-electron chi connectivity index (χ3n) is 2.72. The van der Waals surface area contributed by atoms with Crippen molar-refractivity contribution in [1.29, 1.82) is 0 Å². The lowest BCUT2D eigenvalue weighted by atomic mass is 10.2. The molecule has 9 heteroatoms. The Morgan fingerprint density at radius 3 is 2.81 bits per heavy atom. The third kappa shape index (κ3) is 3.72. The Kier molecular flexibility index (Phi) is 4.84. The Morgan fingerprint density at radius 1 is 1.48 bits per heavy atom. The quantitative estimate of drug-likeness (QED) is 0.720. The number of benzene rings is 1. The average Bonchev–Trinajstić information content (AvgIpc) is 2.94. The van der Waals surface area contributed by atoms with Crippen molar-refractivity contribution >= 4 is 38.6 Å². The van der Waals surface area contributed by atoms with Gasteiger partial charge < -0.3 is 10.8 Å². The first-order valence-corrected chi connectivity index (χ1v) is 8.56. The van der Waals surface area contributed by atoms with E-state index in [-0.39, 0.29) is 17.3 Å². The van der Waals surface area contributed by atoms with Crippen LogP contribution in [0.3, 0.4) is 0 Å². The van der Waals surface area contributed by atoms with E-state index >= 15 is 0 Å². The summed E-state index contributed by atoms with van der Waals surface area (Å²) in [5.41, 5.74) is 5.57. The molecule has 1 aromatic heterocycles. The van der Waals surface area contributed by atoms with E-state index in [1.807, 2.05) is 0 Å². The normalized spacial score (nSPS) is 13.3. The highest BCUT2D eigenvalue weighted by Crippen LogP contribution is 2.25. The van der Waals surface area contributed by atoms with Gasteiger partial charge in [0.05, 0.1) is 11.8 Å². The zero-order chi connectivity index (χ0) is 15.6. The van der Waals surface area contributed by atoms with Crippen molar-refractivity contribution in [2.24, 2.45) is 0 Å². The molecule has 4 N–H and O–H groups in total. The zero-order valence-electron chi connectivity index (χ0n) is 10.6. The zero-order valence-corrected chi connectivity index (χ0v) is 13.0. The lowest BCUT2D eigenvalue weighted by molar-refractivity contribution is 0.182. The third-order valence-corrected chi connectivity index (χ3v) is 5.06. The molecule has 0 radical (unpaired) electrons. The molecule has 1 heterocycles. The fourth-order valence-electron chi connectivity index (χ4n) is 1.63. The summed E-state index contributed by atoms with van der Waals surface area (Å²) in [7, 11) is -4.17. The van der Waals surface area contributed by atoms with Crippen molar-refractivity contribution < 1.29 is 17.9 Å². The summed E-state index contributed by atoms with van der Waals surface area (Å²) in [6.45, 7) is -0.287. The van der Waals surface area contributed by atoms with Crippen LogP contribution >= 0.6 is 22.9 Å². The maximum atomic E-state index is 13.8. The number of nitrogens with one attached hydrogen (secondary N) is 1. The fraction of sp³-hybridized carbons (Fsp3) is 0.167. The van der Waals surface area contributed by atoms with Gasteiger partial charge in [0, 0.05) is 11.6 Å². The van der Waals surface area contributed by atoms with E-state index in [9.17, 15) is 17.9 Å². The molecule has 0 aliphatic heterocycles. The molecule has 0 bridgehead atoms. The van der Waals surface area contributed by atoms with Crippen LogP contribution in [0.1, 0.15) is 11.7 Å². The summed E-state index contributed by atoms with van der Waals surface area (Å²) in [5.74, 6) is -1.07. The van der Waals surface area contributed by atoms with Crippen molar-refractivity contribution in [3.63, 3.8) is 0 Å². The molecule has 1 atom stereocenters. The monoisotopic (exact) mass is 350 g/mol. The molecule has 1 aromatic carbocycles.